The van der Waals surface area contributed by atoms with Crippen molar-refractivity contribution in [3.63, 3.8) is 0 Å². The van der Waals surface area contributed by atoms with E-state index in [9.17, 15) is 4.79 Å². The molecule has 0 spiro atoms. The van der Waals surface area contributed by atoms with Crippen molar-refractivity contribution in [2.24, 2.45) is 0 Å². The third-order valence-corrected chi connectivity index (χ3v) is 3.89. The van der Waals surface area contributed by atoms with Crippen LogP contribution in [0.15, 0.2) is 60.0 Å². The number of thioether (sulfide) groups is 1. The number of hydrogen-bond donors (Lipinski definition) is 1. The minimum absolute atomic E-state index is 0.374. The number of hydrogen-bond acceptors (Lipinski definition) is 4. The van der Waals surface area contributed by atoms with Crippen LogP contribution in [-0.4, -0.2) is 19.5 Å². The summed E-state index contributed by atoms with van der Waals surface area (Å²) < 4.78 is 10.6. The predicted octanol–water partition coefficient (Wildman–Crippen LogP) is 4.76. The van der Waals surface area contributed by atoms with Crippen LogP contribution >= 0.6 is 11.8 Å². The molecule has 0 bridgehead atoms. The van der Waals surface area contributed by atoms with Crippen molar-refractivity contribution in [3.05, 3.63) is 60.7 Å². The second kappa shape index (κ2) is 8.29. The molecule has 0 unspecified atom stereocenters. The summed E-state index contributed by atoms with van der Waals surface area (Å²) in [6.07, 6.45) is 3.97. The molecule has 0 aliphatic heterocycles. The molecule has 1 amide bonds. The van der Waals surface area contributed by atoms with Crippen LogP contribution in [0.5, 0.6) is 11.5 Å². The number of allylic oxidation sites excluding steroid dienone is 1. The fourth-order valence-electron chi connectivity index (χ4n) is 2.01. The lowest BCUT2D eigenvalue weighted by molar-refractivity contribution is 0.213. The molecule has 2 aromatic carbocycles. The van der Waals surface area contributed by atoms with Gasteiger partial charge in [0.2, 0.25) is 0 Å². The molecule has 120 valence electrons. The smallest absolute Gasteiger partial charge is 0.417 e. The molecule has 0 radical (unpaired) electrons. The molecule has 0 aliphatic rings. The quantitative estimate of drug-likeness (QED) is 0.613. The number of anilines is 1. The second-order valence-corrected chi connectivity index (χ2v) is 5.60. The first-order valence-corrected chi connectivity index (χ1v) is 8.29. The molecule has 2 rings (SSSR count). The van der Waals surface area contributed by atoms with Crippen molar-refractivity contribution in [2.45, 2.75) is 11.3 Å². The van der Waals surface area contributed by atoms with Crippen LogP contribution in [0.4, 0.5) is 10.5 Å². The summed E-state index contributed by atoms with van der Waals surface area (Å²) in [6, 6.07) is 13.0. The maximum absolute atomic E-state index is 12.0. The van der Waals surface area contributed by atoms with Gasteiger partial charge in [0.15, 0.2) is 11.5 Å². The van der Waals surface area contributed by atoms with Crippen molar-refractivity contribution < 1.29 is 14.3 Å². The van der Waals surface area contributed by atoms with Crippen LogP contribution in [0.1, 0.15) is 5.56 Å². The lowest BCUT2D eigenvalue weighted by Gasteiger charge is -2.11. The largest absolute Gasteiger partial charge is 0.493 e. The van der Waals surface area contributed by atoms with Gasteiger partial charge in [-0.05, 0) is 54.6 Å². The van der Waals surface area contributed by atoms with Crippen LogP contribution < -0.4 is 14.8 Å². The van der Waals surface area contributed by atoms with Gasteiger partial charge in [-0.15, -0.1) is 18.3 Å². The second-order valence-electron chi connectivity index (χ2n) is 4.72. The van der Waals surface area contributed by atoms with Gasteiger partial charge < -0.3 is 9.47 Å². The molecule has 0 aromatic heterocycles. The summed E-state index contributed by atoms with van der Waals surface area (Å²) in [5.74, 6) is 0.885. The van der Waals surface area contributed by atoms with Crippen molar-refractivity contribution in [1.82, 2.24) is 0 Å². The van der Waals surface area contributed by atoms with E-state index in [0.717, 1.165) is 16.9 Å². The molecule has 0 aliphatic carbocycles. The van der Waals surface area contributed by atoms with E-state index in [4.69, 9.17) is 9.47 Å². The minimum Gasteiger partial charge on any atom is -0.493 e. The molecular weight excluding hydrogens is 310 g/mol. The summed E-state index contributed by atoms with van der Waals surface area (Å²) in [4.78, 5) is 13.1. The highest BCUT2D eigenvalue weighted by molar-refractivity contribution is 7.98. The molecule has 23 heavy (non-hydrogen) atoms. The Labute approximate surface area is 140 Å². The fourth-order valence-corrected chi connectivity index (χ4v) is 2.42. The Hall–Kier alpha value is -2.40. The number of carbonyl (C=O) groups is 1. The highest BCUT2D eigenvalue weighted by Crippen LogP contribution is 2.29. The highest BCUT2D eigenvalue weighted by atomic mass is 32.2. The fraction of sp³-hybridized carbons (Fsp3) is 0.167. The van der Waals surface area contributed by atoms with Crippen molar-refractivity contribution in [1.29, 1.82) is 0 Å². The van der Waals surface area contributed by atoms with E-state index >= 15 is 0 Å². The van der Waals surface area contributed by atoms with Gasteiger partial charge in [0.05, 0.1) is 7.11 Å². The number of amides is 1. The number of carbonyl (C=O) groups excluding carboxylic acids is 1. The van der Waals surface area contributed by atoms with E-state index in [1.54, 1.807) is 31.0 Å². The van der Waals surface area contributed by atoms with Gasteiger partial charge in [-0.1, -0.05) is 12.1 Å². The van der Waals surface area contributed by atoms with Gasteiger partial charge >= 0.3 is 6.09 Å². The minimum atomic E-state index is -0.559. The highest BCUT2D eigenvalue weighted by Gasteiger charge is 2.11. The predicted molar refractivity (Wildman–Crippen MR) is 94.8 cm³/mol. The molecule has 0 saturated carbocycles. The number of nitrogens with one attached hydrogen (secondary N) is 1. The molecule has 2 aromatic rings. The van der Waals surface area contributed by atoms with Crippen LogP contribution in [0.25, 0.3) is 0 Å². The maximum Gasteiger partial charge on any atom is 0.417 e. The molecule has 0 atom stereocenters. The average molecular weight is 329 g/mol. The summed E-state index contributed by atoms with van der Waals surface area (Å²) in [5, 5.41) is 2.69. The molecule has 5 heteroatoms. The van der Waals surface area contributed by atoms with E-state index < -0.39 is 6.09 Å². The third-order valence-electron chi connectivity index (χ3n) is 3.15. The van der Waals surface area contributed by atoms with E-state index in [1.165, 1.54) is 0 Å². The van der Waals surface area contributed by atoms with Crippen LogP contribution in [0.2, 0.25) is 0 Å². The van der Waals surface area contributed by atoms with Crippen molar-refractivity contribution in [3.8, 4) is 11.5 Å². The molecule has 0 fully saturated rings. The molecule has 0 heterocycles. The van der Waals surface area contributed by atoms with Crippen LogP contribution in [-0.2, 0) is 6.42 Å². The molecule has 1 N–H and O–H groups in total. The molecule has 0 saturated heterocycles. The van der Waals surface area contributed by atoms with Crippen LogP contribution in [0.3, 0.4) is 0 Å². The summed E-state index contributed by atoms with van der Waals surface area (Å²) in [6.45, 7) is 3.70. The van der Waals surface area contributed by atoms with Gasteiger partial charge in [0.25, 0.3) is 0 Å². The number of benzene rings is 2. The lowest BCUT2D eigenvalue weighted by atomic mass is 10.1. The van der Waals surface area contributed by atoms with Gasteiger partial charge in [-0.2, -0.15) is 0 Å². The van der Waals surface area contributed by atoms with Gasteiger partial charge in [0, 0.05) is 10.6 Å². The van der Waals surface area contributed by atoms with Crippen molar-refractivity contribution in [2.75, 3.05) is 18.7 Å². The summed E-state index contributed by atoms with van der Waals surface area (Å²) in [5.41, 5.74) is 1.72. The van der Waals surface area contributed by atoms with Gasteiger partial charge in [0.1, 0.15) is 0 Å². The Morgan fingerprint density at radius 1 is 1.22 bits per heavy atom. The number of rotatable bonds is 6. The Kier molecular flexibility index (Phi) is 6.11. The topological polar surface area (TPSA) is 47.6 Å². The van der Waals surface area contributed by atoms with E-state index in [1.807, 2.05) is 42.7 Å². The lowest BCUT2D eigenvalue weighted by Crippen LogP contribution is -2.17. The van der Waals surface area contributed by atoms with Gasteiger partial charge in [-0.25, -0.2) is 4.79 Å². The summed E-state index contributed by atoms with van der Waals surface area (Å²) in [7, 11) is 1.54. The first kappa shape index (κ1) is 17.0. The van der Waals surface area contributed by atoms with Gasteiger partial charge in [-0.3, -0.25) is 5.32 Å². The average Bonchev–Trinajstić information content (AvgIpc) is 2.57. The Balaban J connectivity index is 2.05. The first-order valence-electron chi connectivity index (χ1n) is 7.07. The maximum atomic E-state index is 12.0. The zero-order valence-corrected chi connectivity index (χ0v) is 14.0. The zero-order valence-electron chi connectivity index (χ0n) is 13.2. The Bertz CT molecular complexity index is 683. The van der Waals surface area contributed by atoms with E-state index in [0.29, 0.717) is 17.2 Å². The number of ether oxygens (including phenoxy) is 2. The summed E-state index contributed by atoms with van der Waals surface area (Å²) >= 11 is 1.64. The van der Waals surface area contributed by atoms with Crippen molar-refractivity contribution >= 4 is 23.5 Å². The Morgan fingerprint density at radius 3 is 2.57 bits per heavy atom. The standard InChI is InChI=1S/C18H19NO3S/c1-4-5-13-6-11-16(17(12-13)21-2)22-18(20)19-14-7-9-15(23-3)10-8-14/h4,6-12H,1,5H2,2-3H3,(H,19,20). The normalized spacial score (nSPS) is 10.0. The number of methoxy groups -OCH3 is 1. The third kappa shape index (κ3) is 4.79. The SMILES string of the molecule is C=CCc1ccc(OC(=O)Nc2ccc(SC)cc2)c(OC)c1. The molecular formula is C18H19NO3S. The first-order chi connectivity index (χ1) is 11.2. The molecule has 4 nitrogen and oxygen atoms in total. The Morgan fingerprint density at radius 2 is 1.96 bits per heavy atom. The zero-order chi connectivity index (χ0) is 16.7. The van der Waals surface area contributed by atoms with E-state index in [-0.39, 0.29) is 0 Å². The monoisotopic (exact) mass is 329 g/mol. The van der Waals surface area contributed by atoms with Crippen LogP contribution in [0, 0.1) is 0 Å². The van der Waals surface area contributed by atoms with E-state index in [2.05, 4.69) is 11.9 Å².